The molecular formula is C28H44N8O8S2. The highest BCUT2D eigenvalue weighted by atomic mass is 32.2. The molecule has 2 aromatic rings. The van der Waals surface area contributed by atoms with E-state index >= 15 is 0 Å². The van der Waals surface area contributed by atoms with Crippen molar-refractivity contribution in [3.05, 3.63) is 59.7 Å². The van der Waals surface area contributed by atoms with Gasteiger partial charge in [0.25, 0.3) is 0 Å². The third-order valence-corrected chi connectivity index (χ3v) is 9.09. The molecule has 0 aliphatic heterocycles. The molecule has 0 spiro atoms. The predicted octanol–water partition coefficient (Wildman–Crippen LogP) is -0.263. The van der Waals surface area contributed by atoms with Gasteiger partial charge in [0.15, 0.2) is 11.9 Å². The number of ether oxygens (including phenoxy) is 2. The van der Waals surface area contributed by atoms with E-state index in [-0.39, 0.29) is 34.6 Å². The van der Waals surface area contributed by atoms with Crippen molar-refractivity contribution in [2.45, 2.75) is 61.4 Å². The Morgan fingerprint density at radius 3 is 1.22 bits per heavy atom. The third kappa shape index (κ3) is 14.7. The van der Waals surface area contributed by atoms with Crippen molar-refractivity contribution in [1.29, 1.82) is 0 Å². The van der Waals surface area contributed by atoms with Gasteiger partial charge in [-0.25, -0.2) is 16.8 Å². The topological polar surface area (TPSA) is 274 Å². The number of aryl methyl sites for hydroxylation is 2. The quantitative estimate of drug-likeness (QED) is 0.0577. The average molecular weight is 685 g/mol. The van der Waals surface area contributed by atoms with Gasteiger partial charge in [0.1, 0.15) is 12.1 Å². The molecule has 0 aromatic heterocycles. The van der Waals surface area contributed by atoms with E-state index in [1.165, 1.54) is 38.5 Å². The number of methoxy groups -OCH3 is 2. The largest absolute Gasteiger partial charge is 0.468 e. The number of carbonyl (C=O) groups excluding carboxylic acids is 2. The molecule has 0 amide bonds. The number of benzene rings is 2. The van der Waals surface area contributed by atoms with Crippen LogP contribution in [0.25, 0.3) is 0 Å². The molecule has 2 atom stereocenters. The van der Waals surface area contributed by atoms with Crippen molar-refractivity contribution in [3.63, 3.8) is 0 Å². The predicted molar refractivity (Wildman–Crippen MR) is 174 cm³/mol. The van der Waals surface area contributed by atoms with Gasteiger partial charge in [0.2, 0.25) is 20.0 Å². The summed E-state index contributed by atoms with van der Waals surface area (Å²) in [6.45, 7) is 4.29. The van der Waals surface area contributed by atoms with Crippen LogP contribution >= 0.6 is 0 Å². The minimum atomic E-state index is -3.82. The summed E-state index contributed by atoms with van der Waals surface area (Å²) in [6, 6.07) is 10.6. The van der Waals surface area contributed by atoms with Crippen molar-refractivity contribution in [3.8, 4) is 0 Å². The van der Waals surface area contributed by atoms with E-state index in [1.807, 2.05) is 13.8 Å². The first-order chi connectivity index (χ1) is 21.5. The molecule has 46 heavy (non-hydrogen) atoms. The molecule has 0 saturated heterocycles. The van der Waals surface area contributed by atoms with E-state index < -0.39 is 44.1 Å². The zero-order valence-electron chi connectivity index (χ0n) is 26.3. The Balaban J connectivity index is 0.000000460. The van der Waals surface area contributed by atoms with Gasteiger partial charge < -0.3 is 32.4 Å². The van der Waals surface area contributed by atoms with Gasteiger partial charge >= 0.3 is 11.9 Å². The maximum absolute atomic E-state index is 12.3. The second-order valence-corrected chi connectivity index (χ2v) is 13.3. The fourth-order valence-corrected chi connectivity index (χ4v) is 6.13. The summed E-state index contributed by atoms with van der Waals surface area (Å²) in [5.41, 5.74) is 22.7. The number of guanidine groups is 2. The normalized spacial score (nSPS) is 12.4. The van der Waals surface area contributed by atoms with E-state index in [9.17, 15) is 26.4 Å². The first-order valence-corrected chi connectivity index (χ1v) is 16.9. The first-order valence-electron chi connectivity index (χ1n) is 14.0. The average Bonchev–Trinajstić information content (AvgIpc) is 2.99. The van der Waals surface area contributed by atoms with Crippen LogP contribution in [0.1, 0.15) is 36.8 Å². The second kappa shape index (κ2) is 19.3. The minimum absolute atomic E-state index is 0.0557. The number of rotatable bonds is 16. The number of nitrogens with two attached hydrogens (primary N) is 4. The lowest BCUT2D eigenvalue weighted by molar-refractivity contribution is -0.143. The lowest BCUT2D eigenvalue weighted by Crippen LogP contribution is -2.41. The standard InChI is InChI=1S/2C14H22N4O4S/c2*1-10-5-7-11(8-6-10)23(20,21)18-12(13(19)22-2)4-3-9-17-14(15)16/h2*5-8,12,18H,3-4,9H2,1-2H3,(H4,15,16,17)/t2*12-/m00/s1. The summed E-state index contributed by atoms with van der Waals surface area (Å²) >= 11 is 0. The van der Waals surface area contributed by atoms with E-state index in [1.54, 1.807) is 24.3 Å². The monoisotopic (exact) mass is 684 g/mol. The summed E-state index contributed by atoms with van der Waals surface area (Å²) in [5, 5.41) is 0. The third-order valence-electron chi connectivity index (χ3n) is 6.12. The van der Waals surface area contributed by atoms with Crippen LogP contribution in [-0.2, 0) is 39.1 Å². The molecule has 256 valence electrons. The van der Waals surface area contributed by atoms with Gasteiger partial charge in [-0.05, 0) is 63.8 Å². The van der Waals surface area contributed by atoms with E-state index in [4.69, 9.17) is 22.9 Å². The maximum Gasteiger partial charge on any atom is 0.323 e. The Morgan fingerprint density at radius 2 is 0.957 bits per heavy atom. The van der Waals surface area contributed by atoms with Gasteiger partial charge in [-0.15, -0.1) is 0 Å². The molecule has 0 fully saturated rings. The van der Waals surface area contributed by atoms with Gasteiger partial charge in [-0.2, -0.15) is 9.44 Å². The number of hydrogen-bond donors (Lipinski definition) is 6. The van der Waals surface area contributed by atoms with Gasteiger partial charge in [0, 0.05) is 13.1 Å². The van der Waals surface area contributed by atoms with Crippen LogP contribution in [0.4, 0.5) is 0 Å². The van der Waals surface area contributed by atoms with Gasteiger partial charge in [0.05, 0.1) is 24.0 Å². The summed E-state index contributed by atoms with van der Waals surface area (Å²) in [4.78, 5) is 31.3. The van der Waals surface area contributed by atoms with Crippen LogP contribution in [0, 0.1) is 13.8 Å². The zero-order chi connectivity index (χ0) is 34.9. The number of sulfonamides is 2. The molecule has 0 bridgehead atoms. The molecule has 2 aromatic carbocycles. The summed E-state index contributed by atoms with van der Waals surface area (Å²) < 4.78 is 63.3. The molecule has 2 rings (SSSR count). The number of nitrogens with one attached hydrogen (secondary N) is 2. The van der Waals surface area contributed by atoms with Crippen LogP contribution in [0.5, 0.6) is 0 Å². The number of carbonyl (C=O) groups is 2. The van der Waals surface area contributed by atoms with Crippen LogP contribution in [0.2, 0.25) is 0 Å². The SMILES string of the molecule is COC(=O)[C@H](CCCN=C(N)N)NS(=O)(=O)c1ccc(C)cc1.COC(=O)[C@H](CCCN=C(N)N)NS(=O)(=O)c1ccc(C)cc1. The number of aliphatic imine (C=N–C) groups is 2. The van der Waals surface area contributed by atoms with E-state index in [0.29, 0.717) is 25.9 Å². The highest BCUT2D eigenvalue weighted by Gasteiger charge is 2.27. The van der Waals surface area contributed by atoms with Crippen molar-refractivity contribution in [1.82, 2.24) is 9.44 Å². The molecule has 0 heterocycles. The Kier molecular flexibility index (Phi) is 16.7. The highest BCUT2D eigenvalue weighted by molar-refractivity contribution is 7.89. The number of nitrogens with zero attached hydrogens (tertiary/aromatic N) is 2. The Bertz CT molecular complexity index is 1420. The molecule has 0 aliphatic rings. The summed E-state index contributed by atoms with van der Waals surface area (Å²) in [7, 11) is -5.24. The molecule has 0 unspecified atom stereocenters. The molecule has 16 nitrogen and oxygen atoms in total. The lowest BCUT2D eigenvalue weighted by atomic mass is 10.2. The Morgan fingerprint density at radius 1 is 0.652 bits per heavy atom. The van der Waals surface area contributed by atoms with Crippen LogP contribution in [-0.4, -0.2) is 80.1 Å². The van der Waals surface area contributed by atoms with Crippen LogP contribution in [0.15, 0.2) is 68.3 Å². The Hall–Kier alpha value is -4.26. The number of esters is 2. The smallest absolute Gasteiger partial charge is 0.323 e. The van der Waals surface area contributed by atoms with E-state index in [0.717, 1.165) is 11.1 Å². The summed E-state index contributed by atoms with van der Waals surface area (Å²) in [6.07, 6.45) is 1.28. The molecular weight excluding hydrogens is 640 g/mol. The highest BCUT2D eigenvalue weighted by Crippen LogP contribution is 2.14. The van der Waals surface area contributed by atoms with Crippen LogP contribution in [0.3, 0.4) is 0 Å². The Labute approximate surface area is 270 Å². The second-order valence-electron chi connectivity index (χ2n) is 9.92. The van der Waals surface area contributed by atoms with Gasteiger partial charge in [-0.1, -0.05) is 35.4 Å². The van der Waals surface area contributed by atoms with Crippen molar-refractivity contribution in [2.24, 2.45) is 32.9 Å². The molecule has 0 radical (unpaired) electrons. The summed E-state index contributed by atoms with van der Waals surface area (Å²) in [5.74, 6) is -1.43. The fourth-order valence-electron chi connectivity index (χ4n) is 3.69. The molecule has 0 saturated carbocycles. The fraction of sp³-hybridized carbons (Fsp3) is 0.429. The molecule has 10 N–H and O–H groups in total. The zero-order valence-corrected chi connectivity index (χ0v) is 27.9. The molecule has 18 heteroatoms. The van der Waals surface area contributed by atoms with E-state index in [2.05, 4.69) is 28.9 Å². The van der Waals surface area contributed by atoms with Gasteiger partial charge in [-0.3, -0.25) is 19.6 Å². The minimum Gasteiger partial charge on any atom is -0.468 e. The lowest BCUT2D eigenvalue weighted by Gasteiger charge is -2.16. The van der Waals surface area contributed by atoms with Crippen molar-refractivity contribution in [2.75, 3.05) is 27.3 Å². The number of hydrogen-bond acceptors (Lipinski definition) is 10. The van der Waals surface area contributed by atoms with Crippen molar-refractivity contribution >= 4 is 43.9 Å². The van der Waals surface area contributed by atoms with Crippen LogP contribution < -0.4 is 32.4 Å². The van der Waals surface area contributed by atoms with Crippen molar-refractivity contribution < 1.29 is 35.9 Å². The maximum atomic E-state index is 12.3. The molecule has 0 aliphatic carbocycles. The first kappa shape index (κ1) is 39.8.